The van der Waals surface area contributed by atoms with Gasteiger partial charge in [0, 0.05) is 132 Å². The van der Waals surface area contributed by atoms with E-state index in [9.17, 15) is 79.2 Å². The minimum absolute atomic E-state index is 0.000990. The normalized spacial score (nSPS) is 14.8. The number of nitrogens with two attached hydrogens (primary N) is 1. The molecule has 0 aliphatic carbocycles. The molecule has 0 aromatic heterocycles. The number of aromatic hydroxyl groups is 8. The van der Waals surface area contributed by atoms with Gasteiger partial charge in [-0.05, 0) is 67.4 Å². The summed E-state index contributed by atoms with van der Waals surface area (Å²) >= 11 is 0. The monoisotopic (exact) mass is 1440 g/mol. The summed E-state index contributed by atoms with van der Waals surface area (Å²) in [6.45, 7) is 11.9. The fourth-order valence-corrected chi connectivity index (χ4v) is 10.5. The molecule has 4 aromatic carbocycles. The summed E-state index contributed by atoms with van der Waals surface area (Å²) in [5, 5.41) is 107. The average molecular weight is 1440 g/mol. The Balaban J connectivity index is 1.36. The van der Waals surface area contributed by atoms with Gasteiger partial charge in [0.2, 0.25) is 0 Å². The molecule has 4 heterocycles. The Kier molecular flexibility index (Phi) is 36.0. The number of carbonyl (C=O) groups excluding carboxylic acids is 8. The first-order valence-corrected chi connectivity index (χ1v) is 33.6. The van der Waals surface area contributed by atoms with Crippen LogP contribution in [-0.4, -0.2) is 312 Å². The van der Waals surface area contributed by atoms with Crippen molar-refractivity contribution in [2.75, 3.05) is 198 Å². The molecular weight excluding hydrogens is 1340 g/mol. The second kappa shape index (κ2) is 44.1. The Morgan fingerprint density at radius 3 is 1.21 bits per heavy atom. The van der Waals surface area contributed by atoms with Crippen molar-refractivity contribution in [3.63, 3.8) is 0 Å². The van der Waals surface area contributed by atoms with Crippen molar-refractivity contribution >= 4 is 47.3 Å². The zero-order valence-electron chi connectivity index (χ0n) is 58.4. The summed E-state index contributed by atoms with van der Waals surface area (Å²) in [4.78, 5) is 115. The lowest BCUT2D eigenvalue weighted by atomic mass is 10.0. The van der Waals surface area contributed by atoms with E-state index in [-0.39, 0.29) is 144 Å². The molecule has 8 amide bonds. The first-order chi connectivity index (χ1) is 48.9. The van der Waals surface area contributed by atoms with E-state index in [2.05, 4.69) is 42.1 Å². The SMILES string of the molecule is CCCN(CCNC(=O)c1ccc(C(=O)NCCN(CCNC(=O)c2ccc(C(N)=O)c(O)c2O)CCN2CCNC(=O)c3ccc(c(O)c3O)C(=O)NCCN(CCOCCOCCOC)CCNC(=O)c3ccc(c(O)c3O)C(=O)NC(C(C)C)C2)c(O)c1O)CCOCCOCCOC. The summed E-state index contributed by atoms with van der Waals surface area (Å²) in [6, 6.07) is 8.46. The number of ether oxygens (including phenoxy) is 6. The molecular formula is C68H100N12O22. The lowest BCUT2D eigenvalue weighted by molar-refractivity contribution is 0.0195. The molecule has 1 unspecified atom stereocenters. The first kappa shape index (κ1) is 83.3. The van der Waals surface area contributed by atoms with Gasteiger partial charge in [0.25, 0.3) is 47.3 Å². The van der Waals surface area contributed by atoms with E-state index in [0.29, 0.717) is 72.5 Å². The van der Waals surface area contributed by atoms with Crippen LogP contribution in [0.25, 0.3) is 0 Å². The second-order valence-electron chi connectivity index (χ2n) is 23.9. The van der Waals surface area contributed by atoms with E-state index in [1.165, 1.54) is 30.3 Å². The molecule has 0 saturated carbocycles. The highest BCUT2D eigenvalue weighted by Crippen LogP contribution is 2.36. The van der Waals surface area contributed by atoms with Crippen LogP contribution in [0.1, 0.15) is 110 Å². The highest BCUT2D eigenvalue weighted by Gasteiger charge is 2.29. The summed E-state index contributed by atoms with van der Waals surface area (Å²) in [5.74, 6) is -14.1. The van der Waals surface area contributed by atoms with Crippen molar-refractivity contribution in [1.82, 2.24) is 56.8 Å². The molecule has 4 aliphatic heterocycles. The molecule has 0 radical (unpaired) electrons. The Hall–Kier alpha value is -9.36. The Morgan fingerprint density at radius 2 is 0.814 bits per heavy atom. The number of carbonyl (C=O) groups is 8. The number of benzene rings is 4. The van der Waals surface area contributed by atoms with Crippen molar-refractivity contribution in [2.24, 2.45) is 11.7 Å². The molecule has 4 aromatic rings. The zero-order valence-corrected chi connectivity index (χ0v) is 58.4. The Morgan fingerprint density at radius 1 is 0.461 bits per heavy atom. The molecule has 34 heteroatoms. The van der Waals surface area contributed by atoms with Gasteiger partial charge >= 0.3 is 0 Å². The van der Waals surface area contributed by atoms with E-state index in [4.69, 9.17) is 34.2 Å². The fraction of sp³-hybridized carbons (Fsp3) is 0.529. The maximum atomic E-state index is 14.2. The van der Waals surface area contributed by atoms with Crippen molar-refractivity contribution in [3.8, 4) is 46.0 Å². The lowest BCUT2D eigenvalue weighted by Crippen LogP contribution is -2.50. The van der Waals surface area contributed by atoms with Crippen LogP contribution in [0.4, 0.5) is 0 Å². The molecule has 0 saturated heterocycles. The number of hydrogen-bond donors (Lipinski definition) is 16. The minimum Gasteiger partial charge on any atom is -0.504 e. The maximum absolute atomic E-state index is 14.2. The predicted molar refractivity (Wildman–Crippen MR) is 371 cm³/mol. The fourth-order valence-electron chi connectivity index (χ4n) is 10.5. The van der Waals surface area contributed by atoms with Crippen molar-refractivity contribution < 1.29 is 108 Å². The van der Waals surface area contributed by atoms with Crippen molar-refractivity contribution in [3.05, 3.63) is 93.0 Å². The highest BCUT2D eigenvalue weighted by atomic mass is 16.5. The van der Waals surface area contributed by atoms with Crippen molar-refractivity contribution in [2.45, 2.75) is 33.2 Å². The summed E-state index contributed by atoms with van der Waals surface area (Å²) in [6.07, 6.45) is 0.837. The Bertz CT molecular complexity index is 3420. The van der Waals surface area contributed by atoms with Gasteiger partial charge in [-0.25, -0.2) is 0 Å². The van der Waals surface area contributed by atoms with Crippen LogP contribution in [0.2, 0.25) is 0 Å². The van der Waals surface area contributed by atoms with Crippen LogP contribution in [0, 0.1) is 5.92 Å². The molecule has 1 atom stereocenters. The van der Waals surface area contributed by atoms with Crippen LogP contribution < -0.4 is 43.0 Å². The van der Waals surface area contributed by atoms with Crippen LogP contribution >= 0.6 is 0 Å². The third-order valence-corrected chi connectivity index (χ3v) is 16.4. The number of rotatable bonds is 37. The molecule has 4 aliphatic rings. The zero-order chi connectivity index (χ0) is 74.7. The number of phenols is 8. The van der Waals surface area contributed by atoms with Gasteiger partial charge in [-0.2, -0.15) is 0 Å². The topological polar surface area (TPSA) is 477 Å². The van der Waals surface area contributed by atoms with Gasteiger partial charge in [-0.15, -0.1) is 0 Å². The quantitative estimate of drug-likeness (QED) is 0.0203. The number of nitrogens with one attached hydrogen (secondary N) is 7. The number of amides is 8. The van der Waals surface area contributed by atoms with Crippen LogP contribution in [0.3, 0.4) is 0 Å². The van der Waals surface area contributed by atoms with Crippen molar-refractivity contribution in [1.29, 1.82) is 0 Å². The van der Waals surface area contributed by atoms with E-state index in [0.717, 1.165) is 31.2 Å². The molecule has 34 nitrogen and oxygen atoms in total. The molecule has 0 spiro atoms. The largest absolute Gasteiger partial charge is 0.504 e. The molecule has 102 heavy (non-hydrogen) atoms. The van der Waals surface area contributed by atoms with E-state index >= 15 is 0 Å². The van der Waals surface area contributed by atoms with E-state index in [1.807, 2.05) is 16.7 Å². The summed E-state index contributed by atoms with van der Waals surface area (Å²) < 4.78 is 32.2. The van der Waals surface area contributed by atoms with Gasteiger partial charge in [-0.3, -0.25) is 58.0 Å². The number of phenolic OH excluding ortho intramolecular Hbond substituents is 7. The number of hydrogen-bond acceptors (Lipinski definition) is 26. The van der Waals surface area contributed by atoms with Gasteiger partial charge in [-0.1, -0.05) is 20.8 Å². The van der Waals surface area contributed by atoms with E-state index in [1.54, 1.807) is 33.0 Å². The molecule has 8 rings (SSSR count). The first-order valence-electron chi connectivity index (χ1n) is 33.6. The number of primary amides is 1. The van der Waals surface area contributed by atoms with Crippen LogP contribution in [0.15, 0.2) is 48.5 Å². The Labute approximate surface area is 591 Å². The molecule has 0 fully saturated rings. The summed E-state index contributed by atoms with van der Waals surface area (Å²) in [5.41, 5.74) is 2.38. The van der Waals surface area contributed by atoms with Gasteiger partial charge in [0.05, 0.1) is 111 Å². The maximum Gasteiger partial charge on any atom is 0.255 e. The number of nitrogens with zero attached hydrogens (tertiary/aromatic N) is 4. The van der Waals surface area contributed by atoms with Crippen LogP contribution in [0.5, 0.6) is 46.0 Å². The van der Waals surface area contributed by atoms with Gasteiger partial charge in [0.15, 0.2) is 46.0 Å². The third-order valence-electron chi connectivity index (χ3n) is 16.4. The second-order valence-corrected chi connectivity index (χ2v) is 23.9. The standard InChI is InChI=1S/C68H100N12O22/c1-6-21-77(30-32-99-38-40-101-36-34-97-4)22-15-70-63(91)46-9-10-47(56(84)55(46)83)64(92)72-17-24-78(23-16-71-62(90)45-8-7-44(61(69)89)53(81)54(45)82)28-29-80-27-20-75-67(95)49-12-11-48(57(85)58(49)86)65(93)73-18-25-79(31-33-100-39-41-102-37-35-98-5)26-19-74-66(94)50-13-14-51(60(88)59(50)87)68(96)76-52(42-80)43(2)3/h7-14,43,52,81-88H,6,15-42H2,1-5H3,(H2,69,89)(H,70,91)(H,71,90)(H,72,92)(H,73,93)(H,74,94)(H,75,95)(H,76,96). The smallest absolute Gasteiger partial charge is 0.255 e. The van der Waals surface area contributed by atoms with E-state index < -0.39 is 110 Å². The average Bonchev–Trinajstić information content (AvgIpc) is 0.848. The lowest BCUT2D eigenvalue weighted by Gasteiger charge is -2.32. The molecule has 564 valence electrons. The van der Waals surface area contributed by atoms with Gasteiger partial charge in [0.1, 0.15) is 0 Å². The van der Waals surface area contributed by atoms with Gasteiger partial charge < -0.3 is 112 Å². The molecule has 4 bridgehead atoms. The summed E-state index contributed by atoms with van der Waals surface area (Å²) in [7, 11) is 3.14. The highest BCUT2D eigenvalue weighted by molar-refractivity contribution is 6.05. The minimum atomic E-state index is -1.06. The molecule has 17 N–H and O–H groups in total. The third kappa shape index (κ3) is 26.2. The van der Waals surface area contributed by atoms with Crippen LogP contribution in [-0.2, 0) is 28.4 Å². The predicted octanol–water partition coefficient (Wildman–Crippen LogP) is -0.345. The number of methoxy groups -OCH3 is 2.